The van der Waals surface area contributed by atoms with Gasteiger partial charge in [-0.1, -0.05) is 0 Å². The second-order valence-electron chi connectivity index (χ2n) is 2.72. The van der Waals surface area contributed by atoms with Gasteiger partial charge in [-0.2, -0.15) is 13.2 Å². The summed E-state index contributed by atoms with van der Waals surface area (Å²) in [7, 11) is 0. The lowest BCUT2D eigenvalue weighted by Gasteiger charge is -2.09. The summed E-state index contributed by atoms with van der Waals surface area (Å²) in [5.74, 6) is 0. The normalized spacial score (nSPS) is 11.4. The molecule has 0 fully saturated rings. The van der Waals surface area contributed by atoms with Crippen LogP contribution in [0, 0.1) is 10.1 Å². The Bertz CT molecular complexity index is 417. The van der Waals surface area contributed by atoms with Crippen LogP contribution < -0.4 is 11.5 Å². The third kappa shape index (κ3) is 1.92. The zero-order valence-corrected chi connectivity index (χ0v) is 7.21. The molecule has 1 aromatic carbocycles. The van der Waals surface area contributed by atoms with Crippen LogP contribution in [0.1, 0.15) is 5.56 Å². The molecule has 0 aliphatic rings. The Hall–Kier alpha value is -1.99. The van der Waals surface area contributed by atoms with Gasteiger partial charge in [-0.15, -0.1) is 0 Å². The fraction of sp³-hybridized carbons (Fsp3) is 0.143. The molecule has 0 aliphatic carbocycles. The minimum Gasteiger partial charge on any atom is -0.397 e. The average Bonchev–Trinajstić information content (AvgIpc) is 2.06. The zero-order chi connectivity index (χ0) is 11.8. The second-order valence-corrected chi connectivity index (χ2v) is 2.72. The van der Waals surface area contributed by atoms with Gasteiger partial charge in [-0.05, 0) is 12.1 Å². The molecular formula is C7H6F3N3O2. The molecular weight excluding hydrogens is 215 g/mol. The maximum atomic E-state index is 12.3. The highest BCUT2D eigenvalue weighted by Crippen LogP contribution is 2.41. The molecule has 0 heterocycles. The molecule has 0 amide bonds. The Morgan fingerprint density at radius 3 is 2.20 bits per heavy atom. The molecule has 1 rings (SSSR count). The highest BCUT2D eigenvalue weighted by atomic mass is 19.4. The van der Waals surface area contributed by atoms with Crippen LogP contribution >= 0.6 is 0 Å². The summed E-state index contributed by atoms with van der Waals surface area (Å²) < 4.78 is 37.0. The zero-order valence-electron chi connectivity index (χ0n) is 7.21. The number of nitro groups is 1. The molecule has 0 radical (unpaired) electrons. The summed E-state index contributed by atoms with van der Waals surface area (Å²) >= 11 is 0. The Kier molecular flexibility index (Phi) is 2.44. The Morgan fingerprint density at radius 2 is 1.80 bits per heavy atom. The number of hydrogen-bond donors (Lipinski definition) is 2. The largest absolute Gasteiger partial charge is 0.423 e. The number of nitrogen functional groups attached to an aromatic ring is 2. The Morgan fingerprint density at radius 1 is 1.27 bits per heavy atom. The van der Waals surface area contributed by atoms with Crippen molar-refractivity contribution in [1.29, 1.82) is 0 Å². The molecule has 0 bridgehead atoms. The van der Waals surface area contributed by atoms with Crippen molar-refractivity contribution in [1.82, 2.24) is 0 Å². The number of halogens is 3. The molecule has 0 atom stereocenters. The van der Waals surface area contributed by atoms with Gasteiger partial charge in [0, 0.05) is 0 Å². The van der Waals surface area contributed by atoms with E-state index in [1.165, 1.54) is 0 Å². The van der Waals surface area contributed by atoms with Gasteiger partial charge in [0.2, 0.25) is 0 Å². The van der Waals surface area contributed by atoms with Crippen LogP contribution in [0.2, 0.25) is 0 Å². The van der Waals surface area contributed by atoms with E-state index in [4.69, 9.17) is 11.5 Å². The number of benzene rings is 1. The first-order valence-electron chi connectivity index (χ1n) is 3.64. The van der Waals surface area contributed by atoms with Gasteiger partial charge in [-0.25, -0.2) is 0 Å². The summed E-state index contributed by atoms with van der Waals surface area (Å²) in [4.78, 5) is 9.21. The topological polar surface area (TPSA) is 95.2 Å². The van der Waals surface area contributed by atoms with Gasteiger partial charge in [0.15, 0.2) is 0 Å². The van der Waals surface area contributed by atoms with E-state index < -0.39 is 28.0 Å². The minimum atomic E-state index is -4.83. The number of hydrogen-bond acceptors (Lipinski definition) is 4. The highest BCUT2D eigenvalue weighted by Gasteiger charge is 2.39. The van der Waals surface area contributed by atoms with E-state index in [0.717, 1.165) is 6.07 Å². The van der Waals surface area contributed by atoms with Gasteiger partial charge < -0.3 is 11.5 Å². The smallest absolute Gasteiger partial charge is 0.397 e. The van der Waals surface area contributed by atoms with Crippen molar-refractivity contribution in [2.45, 2.75) is 6.18 Å². The molecule has 15 heavy (non-hydrogen) atoms. The molecule has 0 saturated heterocycles. The van der Waals surface area contributed by atoms with Crippen LogP contribution in [0.4, 0.5) is 30.2 Å². The number of rotatable bonds is 1. The fourth-order valence-corrected chi connectivity index (χ4v) is 1.05. The quantitative estimate of drug-likeness (QED) is 0.429. The average molecular weight is 221 g/mol. The van der Waals surface area contributed by atoms with Crippen LogP contribution in [-0.4, -0.2) is 4.92 Å². The lowest BCUT2D eigenvalue weighted by atomic mass is 10.1. The highest BCUT2D eigenvalue weighted by molar-refractivity contribution is 5.76. The van der Waals surface area contributed by atoms with Crippen LogP contribution in [0.3, 0.4) is 0 Å². The molecule has 8 heteroatoms. The number of nitrogens with zero attached hydrogens (tertiary/aromatic N) is 1. The molecule has 5 nitrogen and oxygen atoms in total. The van der Waals surface area contributed by atoms with Crippen molar-refractivity contribution < 1.29 is 18.1 Å². The van der Waals surface area contributed by atoms with Gasteiger partial charge >= 0.3 is 11.9 Å². The van der Waals surface area contributed by atoms with Gasteiger partial charge in [0.1, 0.15) is 11.3 Å². The van der Waals surface area contributed by atoms with Crippen molar-refractivity contribution in [2.75, 3.05) is 11.5 Å². The van der Waals surface area contributed by atoms with Gasteiger partial charge in [-0.3, -0.25) is 10.1 Å². The molecule has 82 valence electrons. The van der Waals surface area contributed by atoms with E-state index in [-0.39, 0.29) is 5.69 Å². The monoisotopic (exact) mass is 221 g/mol. The summed E-state index contributed by atoms with van der Waals surface area (Å²) in [5, 5.41) is 10.4. The fourth-order valence-electron chi connectivity index (χ4n) is 1.05. The standard InChI is InChI=1S/C7H6F3N3O2/c8-7(9,10)3-1-2-4(11)5(12)6(3)13(14)15/h1-2H,11-12H2. The molecule has 0 aliphatic heterocycles. The van der Waals surface area contributed by atoms with Crippen LogP contribution in [-0.2, 0) is 6.18 Å². The first kappa shape index (κ1) is 11.1. The van der Waals surface area contributed by atoms with Gasteiger partial charge in [0.05, 0.1) is 10.6 Å². The second kappa shape index (κ2) is 3.30. The van der Waals surface area contributed by atoms with Crippen LogP contribution in [0.5, 0.6) is 0 Å². The van der Waals surface area contributed by atoms with Gasteiger partial charge in [0.25, 0.3) is 0 Å². The van der Waals surface area contributed by atoms with E-state index >= 15 is 0 Å². The molecule has 0 saturated carbocycles. The SMILES string of the molecule is Nc1ccc(C(F)(F)F)c([N+](=O)[O-])c1N. The summed E-state index contributed by atoms with van der Waals surface area (Å²) in [6, 6.07) is 1.41. The minimum absolute atomic E-state index is 0.255. The van der Waals surface area contributed by atoms with Crippen molar-refractivity contribution in [3.8, 4) is 0 Å². The third-order valence-electron chi connectivity index (χ3n) is 1.74. The maximum absolute atomic E-state index is 12.3. The van der Waals surface area contributed by atoms with E-state index in [0.29, 0.717) is 6.07 Å². The van der Waals surface area contributed by atoms with Crippen molar-refractivity contribution in [3.63, 3.8) is 0 Å². The van der Waals surface area contributed by atoms with Crippen LogP contribution in [0.15, 0.2) is 12.1 Å². The Labute approximate surface area is 81.6 Å². The summed E-state index contributed by atoms with van der Waals surface area (Å²) in [5.41, 5.74) is 6.75. The molecule has 4 N–H and O–H groups in total. The third-order valence-corrected chi connectivity index (χ3v) is 1.74. The number of alkyl halides is 3. The lowest BCUT2D eigenvalue weighted by molar-refractivity contribution is -0.387. The van der Waals surface area contributed by atoms with Crippen molar-refractivity contribution in [2.24, 2.45) is 0 Å². The summed E-state index contributed by atoms with van der Waals surface area (Å²) in [6.45, 7) is 0. The summed E-state index contributed by atoms with van der Waals surface area (Å²) in [6.07, 6.45) is -4.83. The van der Waals surface area contributed by atoms with Crippen molar-refractivity contribution in [3.05, 3.63) is 27.8 Å². The van der Waals surface area contributed by atoms with E-state index in [1.54, 1.807) is 0 Å². The molecule has 0 unspecified atom stereocenters. The first-order chi connectivity index (χ1) is 6.75. The van der Waals surface area contributed by atoms with E-state index in [9.17, 15) is 23.3 Å². The number of anilines is 2. The molecule has 0 aromatic heterocycles. The first-order valence-corrected chi connectivity index (χ1v) is 3.64. The molecule has 1 aromatic rings. The number of nitrogens with two attached hydrogens (primary N) is 2. The number of nitro benzene ring substituents is 1. The maximum Gasteiger partial charge on any atom is 0.423 e. The lowest BCUT2D eigenvalue weighted by Crippen LogP contribution is -2.11. The van der Waals surface area contributed by atoms with Crippen LogP contribution in [0.25, 0.3) is 0 Å². The van der Waals surface area contributed by atoms with Crippen molar-refractivity contribution >= 4 is 17.1 Å². The Balaban J connectivity index is 3.55. The molecule has 0 spiro atoms. The predicted octanol–water partition coefficient (Wildman–Crippen LogP) is 1.78. The predicted molar refractivity (Wildman–Crippen MR) is 46.9 cm³/mol. The van der Waals surface area contributed by atoms with E-state index in [1.807, 2.05) is 0 Å². The van der Waals surface area contributed by atoms with E-state index in [2.05, 4.69) is 0 Å².